The van der Waals surface area contributed by atoms with Crippen LogP contribution in [-0.4, -0.2) is 79.5 Å². The third-order valence-corrected chi connectivity index (χ3v) is 7.79. The number of rotatable bonds is 5. The van der Waals surface area contributed by atoms with Crippen molar-refractivity contribution in [1.82, 2.24) is 18.8 Å². The van der Waals surface area contributed by atoms with E-state index in [9.17, 15) is 13.2 Å². The van der Waals surface area contributed by atoms with E-state index in [1.54, 1.807) is 18.7 Å². The van der Waals surface area contributed by atoms with Gasteiger partial charge in [-0.2, -0.15) is 4.31 Å². The Bertz CT molecular complexity index is 1030. The summed E-state index contributed by atoms with van der Waals surface area (Å²) in [6.45, 7) is 3.29. The maximum absolute atomic E-state index is 13.2. The summed E-state index contributed by atoms with van der Waals surface area (Å²) in [7, 11) is -0.288. The molecule has 10 heteroatoms. The topological polar surface area (TPSA) is 88.0 Å². The molecule has 168 valence electrons. The first-order valence-corrected chi connectivity index (χ1v) is 12.0. The van der Waals surface area contributed by atoms with Crippen molar-refractivity contribution in [2.75, 3.05) is 51.3 Å². The van der Waals surface area contributed by atoms with Gasteiger partial charge in [-0.1, -0.05) is 12.1 Å². The first-order chi connectivity index (χ1) is 14.9. The first-order valence-electron chi connectivity index (χ1n) is 10.5. The van der Waals surface area contributed by atoms with E-state index in [1.807, 2.05) is 29.2 Å². The predicted octanol–water partition coefficient (Wildman–Crippen LogP) is 1.18. The monoisotopic (exact) mass is 447 g/mol. The number of ether oxygens (including phenoxy) is 1. The number of imidazole rings is 1. The van der Waals surface area contributed by atoms with Crippen molar-refractivity contribution in [3.05, 3.63) is 36.8 Å². The van der Waals surface area contributed by atoms with Gasteiger partial charge >= 0.3 is 0 Å². The maximum atomic E-state index is 13.2. The van der Waals surface area contributed by atoms with Crippen LogP contribution in [0.2, 0.25) is 0 Å². The molecular weight excluding hydrogens is 418 g/mol. The molecule has 1 amide bonds. The standard InChI is InChI=1S/C21H29N5O4S/c1-23-15-20(22-16-23)31(28,29)26-9-5-6-17(14-26)21(27)25-12-10-24(11-13-25)18-7-3-4-8-19(18)30-2/h3-4,7-8,15-17H,5-6,9-14H2,1-2H3/t17-/m0/s1. The van der Waals surface area contributed by atoms with Gasteiger partial charge in [0.2, 0.25) is 5.91 Å². The molecule has 9 nitrogen and oxygen atoms in total. The molecule has 1 atom stereocenters. The largest absolute Gasteiger partial charge is 0.495 e. The van der Waals surface area contributed by atoms with Gasteiger partial charge in [-0.15, -0.1) is 0 Å². The molecule has 0 radical (unpaired) electrons. The minimum Gasteiger partial charge on any atom is -0.495 e. The Kier molecular flexibility index (Phi) is 6.19. The summed E-state index contributed by atoms with van der Waals surface area (Å²) in [6, 6.07) is 7.88. The molecule has 1 aromatic heterocycles. The molecule has 3 heterocycles. The highest BCUT2D eigenvalue weighted by Gasteiger charge is 2.36. The number of hydrogen-bond donors (Lipinski definition) is 0. The molecule has 0 spiro atoms. The van der Waals surface area contributed by atoms with E-state index in [2.05, 4.69) is 9.88 Å². The Morgan fingerprint density at radius 3 is 2.55 bits per heavy atom. The van der Waals surface area contributed by atoms with Crippen molar-refractivity contribution in [2.24, 2.45) is 13.0 Å². The van der Waals surface area contributed by atoms with Gasteiger partial charge in [-0.3, -0.25) is 4.79 Å². The van der Waals surface area contributed by atoms with E-state index < -0.39 is 10.0 Å². The number of para-hydroxylation sites is 2. The van der Waals surface area contributed by atoms with Crippen LogP contribution >= 0.6 is 0 Å². The normalized spacial score (nSPS) is 20.6. The van der Waals surface area contributed by atoms with E-state index in [-0.39, 0.29) is 23.4 Å². The summed E-state index contributed by atoms with van der Waals surface area (Å²) >= 11 is 0. The fraction of sp³-hybridized carbons (Fsp3) is 0.524. The lowest BCUT2D eigenvalue weighted by Crippen LogP contribution is -2.53. The average molecular weight is 448 g/mol. The van der Waals surface area contributed by atoms with Crippen molar-refractivity contribution >= 4 is 21.6 Å². The highest BCUT2D eigenvalue weighted by atomic mass is 32.2. The summed E-state index contributed by atoms with van der Waals surface area (Å²) in [4.78, 5) is 21.3. The molecule has 2 fully saturated rings. The van der Waals surface area contributed by atoms with Crippen LogP contribution in [0.1, 0.15) is 12.8 Å². The smallest absolute Gasteiger partial charge is 0.262 e. The zero-order valence-electron chi connectivity index (χ0n) is 18.0. The Morgan fingerprint density at radius 1 is 1.13 bits per heavy atom. The number of carbonyl (C=O) groups is 1. The van der Waals surface area contributed by atoms with E-state index in [0.717, 1.165) is 24.5 Å². The van der Waals surface area contributed by atoms with Gasteiger partial charge in [-0.25, -0.2) is 13.4 Å². The number of aryl methyl sites for hydroxylation is 1. The van der Waals surface area contributed by atoms with Crippen molar-refractivity contribution < 1.29 is 17.9 Å². The lowest BCUT2D eigenvalue weighted by atomic mass is 9.97. The van der Waals surface area contributed by atoms with Crippen LogP contribution in [0.25, 0.3) is 0 Å². The molecule has 4 rings (SSSR count). The number of nitrogens with zero attached hydrogens (tertiary/aromatic N) is 5. The van der Waals surface area contributed by atoms with Gasteiger partial charge in [0.1, 0.15) is 5.75 Å². The van der Waals surface area contributed by atoms with Crippen molar-refractivity contribution in [3.63, 3.8) is 0 Å². The Morgan fingerprint density at radius 2 is 1.87 bits per heavy atom. The summed E-state index contributed by atoms with van der Waals surface area (Å²) < 4.78 is 34.3. The molecule has 2 saturated heterocycles. The van der Waals surface area contributed by atoms with Crippen LogP contribution < -0.4 is 9.64 Å². The van der Waals surface area contributed by atoms with E-state index in [4.69, 9.17) is 4.74 Å². The second-order valence-corrected chi connectivity index (χ2v) is 9.95. The Labute approximate surface area is 183 Å². The Hall–Kier alpha value is -2.59. The second kappa shape index (κ2) is 8.88. The second-order valence-electron chi connectivity index (χ2n) is 8.06. The zero-order valence-corrected chi connectivity index (χ0v) is 18.8. The molecule has 0 bridgehead atoms. The molecule has 1 aromatic carbocycles. The van der Waals surface area contributed by atoms with Crippen LogP contribution in [0.3, 0.4) is 0 Å². The van der Waals surface area contributed by atoms with Gasteiger partial charge in [0.25, 0.3) is 10.0 Å². The molecule has 2 aromatic rings. The summed E-state index contributed by atoms with van der Waals surface area (Å²) in [5.41, 5.74) is 1.03. The Balaban J connectivity index is 1.39. The number of sulfonamides is 1. The van der Waals surface area contributed by atoms with Crippen LogP contribution in [-0.2, 0) is 21.9 Å². The molecule has 0 unspecified atom stereocenters. The number of benzene rings is 1. The highest BCUT2D eigenvalue weighted by Crippen LogP contribution is 2.29. The molecule has 2 aliphatic heterocycles. The van der Waals surface area contributed by atoms with Crippen molar-refractivity contribution in [3.8, 4) is 5.75 Å². The van der Waals surface area contributed by atoms with Gasteiger partial charge < -0.3 is 19.1 Å². The van der Waals surface area contributed by atoms with Crippen LogP contribution in [0, 0.1) is 5.92 Å². The molecule has 0 aliphatic carbocycles. The zero-order chi connectivity index (χ0) is 22.0. The molecule has 2 aliphatic rings. The number of hydrogen-bond acceptors (Lipinski definition) is 6. The van der Waals surface area contributed by atoms with E-state index in [0.29, 0.717) is 32.5 Å². The van der Waals surface area contributed by atoms with Gasteiger partial charge in [0, 0.05) is 52.5 Å². The third-order valence-electron chi connectivity index (χ3n) is 6.04. The van der Waals surface area contributed by atoms with E-state index >= 15 is 0 Å². The number of carbonyl (C=O) groups excluding carboxylic acids is 1. The maximum Gasteiger partial charge on any atom is 0.262 e. The third kappa shape index (κ3) is 4.40. The van der Waals surface area contributed by atoms with Gasteiger partial charge in [0.15, 0.2) is 5.03 Å². The first kappa shape index (κ1) is 21.6. The summed E-state index contributed by atoms with van der Waals surface area (Å²) in [6.07, 6.45) is 4.35. The number of piperazine rings is 1. The fourth-order valence-corrected chi connectivity index (χ4v) is 5.82. The number of piperidine rings is 1. The predicted molar refractivity (Wildman–Crippen MR) is 116 cm³/mol. The minimum absolute atomic E-state index is 0.0357. The molecule has 0 N–H and O–H groups in total. The fourth-order valence-electron chi connectivity index (χ4n) is 4.33. The summed E-state index contributed by atoms with van der Waals surface area (Å²) in [5.74, 6) is 0.551. The number of anilines is 1. The van der Waals surface area contributed by atoms with Crippen LogP contribution in [0.4, 0.5) is 5.69 Å². The quantitative estimate of drug-likeness (QED) is 0.684. The number of aromatic nitrogens is 2. The lowest BCUT2D eigenvalue weighted by molar-refractivity contribution is -0.137. The van der Waals surface area contributed by atoms with Gasteiger partial charge in [-0.05, 0) is 25.0 Å². The van der Waals surface area contributed by atoms with Gasteiger partial charge in [0.05, 0.1) is 25.0 Å². The van der Waals surface area contributed by atoms with Crippen molar-refractivity contribution in [2.45, 2.75) is 17.9 Å². The number of methoxy groups -OCH3 is 1. The lowest BCUT2D eigenvalue weighted by Gasteiger charge is -2.39. The highest BCUT2D eigenvalue weighted by molar-refractivity contribution is 7.89. The van der Waals surface area contributed by atoms with Crippen LogP contribution in [0.15, 0.2) is 41.8 Å². The average Bonchev–Trinajstić information content (AvgIpc) is 3.26. The minimum atomic E-state index is -3.68. The molecular formula is C21H29N5O4S. The molecule has 31 heavy (non-hydrogen) atoms. The summed E-state index contributed by atoms with van der Waals surface area (Å²) in [5, 5.41) is 0.0357. The van der Waals surface area contributed by atoms with Crippen LogP contribution in [0.5, 0.6) is 5.75 Å². The number of amides is 1. The SMILES string of the molecule is COc1ccccc1N1CCN(C(=O)[C@H]2CCCN(S(=O)(=O)c3cn(C)cn3)C2)CC1. The van der Waals surface area contributed by atoms with Crippen molar-refractivity contribution in [1.29, 1.82) is 0 Å². The van der Waals surface area contributed by atoms with E-state index in [1.165, 1.54) is 16.8 Å². The molecule has 0 saturated carbocycles.